The summed E-state index contributed by atoms with van der Waals surface area (Å²) in [7, 11) is 0. The molecule has 9 heteroatoms. The lowest BCUT2D eigenvalue weighted by Crippen LogP contribution is -2.12. The van der Waals surface area contributed by atoms with Gasteiger partial charge < -0.3 is 19.1 Å². The fraction of sp³-hybridized carbons (Fsp3) is 0.167. The van der Waals surface area contributed by atoms with E-state index in [9.17, 15) is 19.5 Å². The van der Waals surface area contributed by atoms with Crippen molar-refractivity contribution in [2.45, 2.75) is 29.7 Å². The van der Waals surface area contributed by atoms with Gasteiger partial charge in [0, 0.05) is 22.3 Å². The van der Waals surface area contributed by atoms with Gasteiger partial charge in [-0.1, -0.05) is 16.9 Å². The Morgan fingerprint density at radius 1 is 0.970 bits per heavy atom. The minimum atomic E-state index is -1.02. The highest BCUT2D eigenvalue weighted by molar-refractivity contribution is 7.99. The molecule has 1 atom stereocenters. The third-order valence-electron chi connectivity index (χ3n) is 4.33. The van der Waals surface area contributed by atoms with Crippen molar-refractivity contribution >= 4 is 35.2 Å². The van der Waals surface area contributed by atoms with Crippen LogP contribution >= 0.6 is 11.8 Å². The fourth-order valence-electron chi connectivity index (χ4n) is 2.65. The number of aliphatic hydroxyl groups excluding tert-OH is 1. The van der Waals surface area contributed by atoms with Gasteiger partial charge in [-0.15, -0.1) is 0 Å². The highest BCUT2D eigenvalue weighted by Crippen LogP contribution is 2.28. The number of ketones is 1. The minimum Gasteiger partial charge on any atom is -0.466 e. The van der Waals surface area contributed by atoms with E-state index in [1.54, 1.807) is 60.7 Å². The molecular weight excluding hydrogens is 446 g/mol. The Balaban J connectivity index is 1.55. The van der Waals surface area contributed by atoms with E-state index in [1.807, 2.05) is 0 Å². The van der Waals surface area contributed by atoms with Crippen molar-refractivity contribution in [1.82, 2.24) is 0 Å². The summed E-state index contributed by atoms with van der Waals surface area (Å²) in [4.78, 5) is 41.6. The van der Waals surface area contributed by atoms with Gasteiger partial charge in [0.2, 0.25) is 5.78 Å². The molecule has 0 bridgehead atoms. The monoisotopic (exact) mass is 467 g/mol. The molecule has 0 saturated carbocycles. The first-order valence-electron chi connectivity index (χ1n) is 9.87. The van der Waals surface area contributed by atoms with E-state index < -0.39 is 18.0 Å². The maximum Gasteiger partial charge on any atom is 0.338 e. The molecule has 2 aromatic carbocycles. The second-order valence-corrected chi connectivity index (χ2v) is 8.02. The van der Waals surface area contributed by atoms with E-state index in [1.165, 1.54) is 31.9 Å². The van der Waals surface area contributed by atoms with Crippen LogP contribution in [-0.4, -0.2) is 35.1 Å². The summed E-state index contributed by atoms with van der Waals surface area (Å²) in [6, 6.07) is 17.0. The van der Waals surface area contributed by atoms with Gasteiger partial charge in [0.1, 0.15) is 24.2 Å². The topological polar surface area (TPSA) is 115 Å². The predicted octanol–water partition coefficient (Wildman–Crippen LogP) is 4.44. The molecule has 0 aliphatic rings. The van der Waals surface area contributed by atoms with E-state index in [0.29, 0.717) is 16.9 Å². The summed E-state index contributed by atoms with van der Waals surface area (Å²) in [5.74, 6) is -1.16. The molecule has 0 aliphatic carbocycles. The summed E-state index contributed by atoms with van der Waals surface area (Å²) in [5, 5.41) is 13.4. The summed E-state index contributed by atoms with van der Waals surface area (Å²) in [6.45, 7) is 2.47. The number of oxime groups is 1. The van der Waals surface area contributed by atoms with Crippen LogP contribution in [0.5, 0.6) is 0 Å². The fourth-order valence-corrected chi connectivity index (χ4v) is 3.47. The first-order valence-corrected chi connectivity index (χ1v) is 10.7. The van der Waals surface area contributed by atoms with E-state index >= 15 is 0 Å². The SMILES string of the molecule is CC(=O)ON=C(C)C(=O)c1ccc(Sc2ccc(C(=O)OCC(O)c3ccco3)cc2)cc1. The number of aliphatic hydroxyl groups is 1. The molecule has 1 aromatic heterocycles. The Morgan fingerprint density at radius 3 is 2.12 bits per heavy atom. The van der Waals surface area contributed by atoms with E-state index in [-0.39, 0.29) is 18.1 Å². The van der Waals surface area contributed by atoms with E-state index in [4.69, 9.17) is 9.15 Å². The van der Waals surface area contributed by atoms with Gasteiger partial charge >= 0.3 is 11.9 Å². The van der Waals surface area contributed by atoms with Gasteiger partial charge in [-0.3, -0.25) is 4.79 Å². The number of hydrogen-bond acceptors (Lipinski definition) is 9. The zero-order chi connectivity index (χ0) is 23.8. The number of Topliss-reactive ketones (excluding diaryl/α,β-unsaturated/α-hetero) is 1. The Labute approximate surface area is 194 Å². The van der Waals surface area contributed by atoms with Gasteiger partial charge in [0.25, 0.3) is 0 Å². The van der Waals surface area contributed by atoms with Gasteiger partial charge in [0.15, 0.2) is 0 Å². The lowest BCUT2D eigenvalue weighted by Gasteiger charge is -2.09. The molecule has 0 aliphatic heterocycles. The number of rotatable bonds is 9. The third-order valence-corrected chi connectivity index (χ3v) is 5.34. The van der Waals surface area contributed by atoms with Crippen molar-refractivity contribution in [3.8, 4) is 0 Å². The molecule has 0 radical (unpaired) electrons. The molecule has 0 fully saturated rings. The Hall–Kier alpha value is -3.69. The summed E-state index contributed by atoms with van der Waals surface area (Å²) < 4.78 is 10.2. The molecule has 3 aromatic rings. The molecule has 1 heterocycles. The Kier molecular flexibility index (Phi) is 8.17. The van der Waals surface area contributed by atoms with Crippen LogP contribution in [0.1, 0.15) is 46.4 Å². The molecule has 3 rings (SSSR count). The molecular formula is C24H21NO7S. The summed E-state index contributed by atoms with van der Waals surface area (Å²) >= 11 is 1.45. The van der Waals surface area contributed by atoms with Crippen LogP contribution in [0, 0.1) is 0 Å². The van der Waals surface area contributed by atoms with Crippen molar-refractivity contribution in [3.63, 3.8) is 0 Å². The van der Waals surface area contributed by atoms with Gasteiger partial charge in [-0.05, 0) is 67.6 Å². The van der Waals surface area contributed by atoms with Crippen LogP contribution in [0.15, 0.2) is 86.3 Å². The average molecular weight is 467 g/mol. The highest BCUT2D eigenvalue weighted by Gasteiger charge is 2.15. The van der Waals surface area contributed by atoms with Crippen LogP contribution in [0.3, 0.4) is 0 Å². The summed E-state index contributed by atoms with van der Waals surface area (Å²) in [6.07, 6.45) is 0.411. The van der Waals surface area contributed by atoms with Crippen molar-refractivity contribution in [1.29, 1.82) is 0 Å². The number of benzene rings is 2. The standard InChI is InChI=1S/C24H21NO7S/c1-15(25-32-16(2)26)23(28)17-5-9-19(10-6-17)33-20-11-7-18(8-12-20)24(29)31-14-21(27)22-4-3-13-30-22/h3-13,21,27H,14H2,1-2H3. The average Bonchev–Trinajstić information content (AvgIpc) is 3.36. The zero-order valence-corrected chi connectivity index (χ0v) is 18.7. The molecule has 0 spiro atoms. The Bertz CT molecular complexity index is 1140. The number of carbonyl (C=O) groups is 3. The second-order valence-electron chi connectivity index (χ2n) is 6.87. The minimum absolute atomic E-state index is 0.0738. The smallest absolute Gasteiger partial charge is 0.338 e. The maximum atomic E-state index is 12.3. The molecule has 0 saturated heterocycles. The maximum absolute atomic E-state index is 12.3. The lowest BCUT2D eigenvalue weighted by atomic mass is 10.1. The zero-order valence-electron chi connectivity index (χ0n) is 17.9. The third kappa shape index (κ3) is 6.90. The highest BCUT2D eigenvalue weighted by atomic mass is 32.2. The predicted molar refractivity (Wildman–Crippen MR) is 120 cm³/mol. The molecule has 1 unspecified atom stereocenters. The largest absolute Gasteiger partial charge is 0.466 e. The molecule has 33 heavy (non-hydrogen) atoms. The van der Waals surface area contributed by atoms with Crippen LogP contribution in [0.25, 0.3) is 0 Å². The molecule has 8 nitrogen and oxygen atoms in total. The van der Waals surface area contributed by atoms with Crippen LogP contribution in [-0.2, 0) is 14.4 Å². The first-order chi connectivity index (χ1) is 15.8. The Morgan fingerprint density at radius 2 is 1.58 bits per heavy atom. The van der Waals surface area contributed by atoms with Crippen molar-refractivity contribution < 1.29 is 33.5 Å². The van der Waals surface area contributed by atoms with Crippen LogP contribution in [0.4, 0.5) is 0 Å². The van der Waals surface area contributed by atoms with Crippen LogP contribution < -0.4 is 0 Å². The van der Waals surface area contributed by atoms with Crippen molar-refractivity contribution in [3.05, 3.63) is 83.8 Å². The van der Waals surface area contributed by atoms with E-state index in [0.717, 1.165) is 9.79 Å². The van der Waals surface area contributed by atoms with Crippen LogP contribution in [0.2, 0.25) is 0 Å². The first kappa shape index (κ1) is 24.0. The molecule has 1 N–H and O–H groups in total. The number of hydrogen-bond donors (Lipinski definition) is 1. The summed E-state index contributed by atoms with van der Waals surface area (Å²) in [5.41, 5.74) is 0.849. The van der Waals surface area contributed by atoms with Gasteiger partial charge in [-0.2, -0.15) is 0 Å². The van der Waals surface area contributed by atoms with Gasteiger partial charge in [0.05, 0.1) is 11.8 Å². The number of nitrogens with zero attached hydrogens (tertiary/aromatic N) is 1. The number of furan rings is 1. The quantitative estimate of drug-likeness (QED) is 0.161. The van der Waals surface area contributed by atoms with Crippen molar-refractivity contribution in [2.75, 3.05) is 6.61 Å². The number of esters is 1. The van der Waals surface area contributed by atoms with E-state index in [2.05, 4.69) is 9.99 Å². The normalized spacial score (nSPS) is 12.2. The second kappa shape index (κ2) is 11.3. The van der Waals surface area contributed by atoms with Crippen molar-refractivity contribution in [2.24, 2.45) is 5.16 Å². The lowest BCUT2D eigenvalue weighted by molar-refractivity contribution is -0.140. The molecule has 0 amide bonds. The van der Waals surface area contributed by atoms with Gasteiger partial charge in [-0.25, -0.2) is 9.59 Å². The number of ether oxygens (including phenoxy) is 1. The molecule has 170 valence electrons. The number of carbonyl (C=O) groups excluding carboxylic acids is 3.